The molecule has 0 spiro atoms. The molecule has 1 aromatic carbocycles. The van der Waals surface area contributed by atoms with Crippen LogP contribution in [0.2, 0.25) is 0 Å². The maximum atomic E-state index is 12.7. The van der Waals surface area contributed by atoms with Gasteiger partial charge in [0.05, 0.1) is 0 Å². The number of hydrogen-bond acceptors (Lipinski definition) is 2. The first-order valence-electron chi connectivity index (χ1n) is 4.32. The van der Waals surface area contributed by atoms with Gasteiger partial charge in [0.15, 0.2) is 0 Å². The molecule has 0 fully saturated rings. The van der Waals surface area contributed by atoms with Crippen LogP contribution in [-0.2, 0) is 11.2 Å². The SMILES string of the molecule is Cl.N[C@@H](CCc1cccc(F)c1)C(=O)O. The van der Waals surface area contributed by atoms with E-state index in [0.717, 1.165) is 5.56 Å². The van der Waals surface area contributed by atoms with Crippen LogP contribution in [-0.4, -0.2) is 17.1 Å². The number of aryl methyl sites for hydroxylation is 1. The number of halogens is 2. The van der Waals surface area contributed by atoms with E-state index in [9.17, 15) is 9.18 Å². The van der Waals surface area contributed by atoms with Crippen LogP contribution in [0.4, 0.5) is 4.39 Å². The van der Waals surface area contributed by atoms with E-state index in [4.69, 9.17) is 10.8 Å². The number of rotatable bonds is 4. The molecule has 1 aromatic rings. The first-order chi connectivity index (χ1) is 6.59. The van der Waals surface area contributed by atoms with Gasteiger partial charge in [-0.1, -0.05) is 12.1 Å². The van der Waals surface area contributed by atoms with Gasteiger partial charge < -0.3 is 10.8 Å². The van der Waals surface area contributed by atoms with Crippen LogP contribution >= 0.6 is 12.4 Å². The van der Waals surface area contributed by atoms with Gasteiger partial charge in [0.25, 0.3) is 0 Å². The number of nitrogens with two attached hydrogens (primary N) is 1. The maximum absolute atomic E-state index is 12.7. The van der Waals surface area contributed by atoms with Gasteiger partial charge >= 0.3 is 5.97 Å². The highest BCUT2D eigenvalue weighted by Gasteiger charge is 2.10. The fourth-order valence-electron chi connectivity index (χ4n) is 1.14. The second kappa shape index (κ2) is 6.37. The van der Waals surface area contributed by atoms with E-state index in [2.05, 4.69) is 0 Å². The fourth-order valence-corrected chi connectivity index (χ4v) is 1.14. The molecule has 0 heterocycles. The van der Waals surface area contributed by atoms with Crippen molar-refractivity contribution in [2.24, 2.45) is 5.73 Å². The predicted octanol–water partition coefficient (Wildman–Crippen LogP) is 1.59. The Kier molecular flexibility index (Phi) is 5.89. The van der Waals surface area contributed by atoms with Crippen molar-refractivity contribution in [2.75, 3.05) is 0 Å². The molecule has 0 amide bonds. The number of carboxylic acids is 1. The topological polar surface area (TPSA) is 63.3 Å². The molecule has 0 saturated carbocycles. The van der Waals surface area contributed by atoms with Crippen molar-refractivity contribution < 1.29 is 14.3 Å². The number of hydrogen-bond donors (Lipinski definition) is 2. The summed E-state index contributed by atoms with van der Waals surface area (Å²) in [5, 5.41) is 8.52. The minimum atomic E-state index is -1.03. The Morgan fingerprint density at radius 2 is 2.20 bits per heavy atom. The van der Waals surface area contributed by atoms with E-state index in [-0.39, 0.29) is 18.2 Å². The molecule has 0 saturated heterocycles. The van der Waals surface area contributed by atoms with Crippen LogP contribution in [0.25, 0.3) is 0 Å². The summed E-state index contributed by atoms with van der Waals surface area (Å²) < 4.78 is 12.7. The van der Waals surface area contributed by atoms with Gasteiger partial charge in [-0.15, -0.1) is 12.4 Å². The fraction of sp³-hybridized carbons (Fsp3) is 0.300. The Balaban J connectivity index is 0.00000196. The van der Waals surface area contributed by atoms with Gasteiger partial charge in [-0.25, -0.2) is 4.39 Å². The average molecular weight is 234 g/mol. The third-order valence-electron chi connectivity index (χ3n) is 1.95. The molecule has 0 radical (unpaired) electrons. The quantitative estimate of drug-likeness (QED) is 0.830. The lowest BCUT2D eigenvalue weighted by Gasteiger charge is -2.05. The van der Waals surface area contributed by atoms with Crippen LogP contribution in [0.5, 0.6) is 0 Å². The largest absolute Gasteiger partial charge is 0.480 e. The second-order valence-electron chi connectivity index (χ2n) is 3.11. The van der Waals surface area contributed by atoms with Gasteiger partial charge in [0.2, 0.25) is 0 Å². The molecule has 1 atom stereocenters. The Bertz CT molecular complexity index is 333. The monoisotopic (exact) mass is 233 g/mol. The summed E-state index contributed by atoms with van der Waals surface area (Å²) in [5.41, 5.74) is 6.07. The molecule has 0 bridgehead atoms. The summed E-state index contributed by atoms with van der Waals surface area (Å²) >= 11 is 0. The Morgan fingerprint density at radius 3 is 2.73 bits per heavy atom. The standard InChI is InChI=1S/C10H12FNO2.ClH/c11-8-3-1-2-7(6-8)4-5-9(12)10(13)14;/h1-3,6,9H,4-5,12H2,(H,13,14);1H/t9-;/m0./s1. The van der Waals surface area contributed by atoms with Crippen molar-refractivity contribution in [3.8, 4) is 0 Å². The highest BCUT2D eigenvalue weighted by atomic mass is 35.5. The number of carbonyl (C=O) groups is 1. The van der Waals surface area contributed by atoms with Crippen molar-refractivity contribution in [2.45, 2.75) is 18.9 Å². The first-order valence-corrected chi connectivity index (χ1v) is 4.32. The minimum absolute atomic E-state index is 0. The molecule has 5 heteroatoms. The lowest BCUT2D eigenvalue weighted by Crippen LogP contribution is -2.30. The van der Waals surface area contributed by atoms with E-state index >= 15 is 0 Å². The van der Waals surface area contributed by atoms with Gasteiger partial charge in [-0.05, 0) is 30.5 Å². The van der Waals surface area contributed by atoms with Crippen molar-refractivity contribution in [3.63, 3.8) is 0 Å². The highest BCUT2D eigenvalue weighted by molar-refractivity contribution is 5.85. The van der Waals surface area contributed by atoms with Crippen LogP contribution in [0.15, 0.2) is 24.3 Å². The van der Waals surface area contributed by atoms with Crippen LogP contribution < -0.4 is 5.73 Å². The first kappa shape index (κ1) is 13.9. The molecule has 0 aliphatic carbocycles. The zero-order valence-electron chi connectivity index (χ0n) is 8.02. The second-order valence-corrected chi connectivity index (χ2v) is 3.11. The zero-order chi connectivity index (χ0) is 10.6. The molecule has 0 unspecified atom stereocenters. The highest BCUT2D eigenvalue weighted by Crippen LogP contribution is 2.07. The van der Waals surface area contributed by atoms with Gasteiger partial charge in [0.1, 0.15) is 11.9 Å². The number of benzene rings is 1. The summed E-state index contributed by atoms with van der Waals surface area (Å²) in [6.45, 7) is 0. The Labute approximate surface area is 93.5 Å². The summed E-state index contributed by atoms with van der Waals surface area (Å²) in [6, 6.07) is 5.20. The molecular formula is C10H13ClFNO2. The third kappa shape index (κ3) is 4.76. The molecule has 84 valence electrons. The van der Waals surface area contributed by atoms with Gasteiger partial charge in [0, 0.05) is 0 Å². The Hall–Kier alpha value is -1.13. The summed E-state index contributed by atoms with van der Waals surface area (Å²) in [7, 11) is 0. The van der Waals surface area contributed by atoms with E-state index in [1.165, 1.54) is 12.1 Å². The smallest absolute Gasteiger partial charge is 0.320 e. The van der Waals surface area contributed by atoms with Crippen molar-refractivity contribution in [3.05, 3.63) is 35.6 Å². The summed E-state index contributed by atoms with van der Waals surface area (Å²) in [6.07, 6.45) is 0.796. The normalized spacial score (nSPS) is 11.6. The molecule has 3 nitrogen and oxygen atoms in total. The predicted molar refractivity (Wildman–Crippen MR) is 57.6 cm³/mol. The number of aliphatic carboxylic acids is 1. The van der Waals surface area contributed by atoms with Crippen molar-refractivity contribution in [1.82, 2.24) is 0 Å². The number of carboxylic acid groups (broad SMARTS) is 1. The lowest BCUT2D eigenvalue weighted by atomic mass is 10.1. The lowest BCUT2D eigenvalue weighted by molar-refractivity contribution is -0.138. The molecule has 15 heavy (non-hydrogen) atoms. The molecular weight excluding hydrogens is 221 g/mol. The molecule has 1 rings (SSSR count). The van der Waals surface area contributed by atoms with Crippen LogP contribution in [0.3, 0.4) is 0 Å². The van der Waals surface area contributed by atoms with E-state index in [1.807, 2.05) is 0 Å². The molecule has 0 aliphatic heterocycles. The average Bonchev–Trinajstić information content (AvgIpc) is 2.14. The van der Waals surface area contributed by atoms with Crippen LogP contribution in [0.1, 0.15) is 12.0 Å². The Morgan fingerprint density at radius 1 is 1.53 bits per heavy atom. The summed E-state index contributed by atoms with van der Waals surface area (Å²) in [4.78, 5) is 10.4. The zero-order valence-corrected chi connectivity index (χ0v) is 8.84. The third-order valence-corrected chi connectivity index (χ3v) is 1.95. The van der Waals surface area contributed by atoms with Crippen molar-refractivity contribution in [1.29, 1.82) is 0 Å². The minimum Gasteiger partial charge on any atom is -0.480 e. The molecule has 3 N–H and O–H groups in total. The van der Waals surface area contributed by atoms with E-state index in [0.29, 0.717) is 12.8 Å². The molecule has 0 aliphatic rings. The maximum Gasteiger partial charge on any atom is 0.320 e. The van der Waals surface area contributed by atoms with E-state index in [1.54, 1.807) is 12.1 Å². The summed E-state index contributed by atoms with van der Waals surface area (Å²) in [5.74, 6) is -1.34. The van der Waals surface area contributed by atoms with Crippen molar-refractivity contribution >= 4 is 18.4 Å². The van der Waals surface area contributed by atoms with Gasteiger partial charge in [-0.2, -0.15) is 0 Å². The van der Waals surface area contributed by atoms with Crippen LogP contribution in [0, 0.1) is 5.82 Å². The molecule has 0 aromatic heterocycles. The van der Waals surface area contributed by atoms with E-state index < -0.39 is 12.0 Å². The van der Waals surface area contributed by atoms with Gasteiger partial charge in [-0.3, -0.25) is 4.79 Å².